The first-order chi connectivity index (χ1) is 10.1. The summed E-state index contributed by atoms with van der Waals surface area (Å²) in [5, 5.41) is 0. The molecule has 21 heavy (non-hydrogen) atoms. The minimum atomic E-state index is -0.246. The Bertz CT molecular complexity index is 569. The molecule has 0 radical (unpaired) electrons. The summed E-state index contributed by atoms with van der Waals surface area (Å²) in [6.45, 7) is 2.13. The van der Waals surface area contributed by atoms with Crippen LogP contribution < -0.4 is 11.3 Å². The van der Waals surface area contributed by atoms with Gasteiger partial charge in [0.2, 0.25) is 0 Å². The number of nitrogens with two attached hydrogens (primary N) is 1. The van der Waals surface area contributed by atoms with Crippen molar-refractivity contribution in [2.75, 3.05) is 5.75 Å². The third-order valence-corrected chi connectivity index (χ3v) is 4.51. The Balaban J connectivity index is 2.15. The van der Waals surface area contributed by atoms with Crippen molar-refractivity contribution in [2.45, 2.75) is 24.3 Å². The van der Waals surface area contributed by atoms with Gasteiger partial charge in [0.25, 0.3) is 0 Å². The van der Waals surface area contributed by atoms with E-state index in [0.29, 0.717) is 6.42 Å². The highest BCUT2D eigenvalue weighted by Gasteiger charge is 2.12. The van der Waals surface area contributed by atoms with E-state index in [-0.39, 0.29) is 11.9 Å². The molecular formula is C16H18BrFN2S. The van der Waals surface area contributed by atoms with E-state index in [1.54, 1.807) is 11.8 Å². The molecule has 0 bridgehead atoms. The fourth-order valence-electron chi connectivity index (χ4n) is 2.20. The first-order valence-electron chi connectivity index (χ1n) is 6.76. The van der Waals surface area contributed by atoms with Crippen molar-refractivity contribution in [2.24, 2.45) is 5.84 Å². The highest BCUT2D eigenvalue weighted by Crippen LogP contribution is 2.24. The largest absolute Gasteiger partial charge is 0.271 e. The second-order valence-corrected chi connectivity index (χ2v) is 6.96. The molecule has 0 saturated heterocycles. The van der Waals surface area contributed by atoms with Gasteiger partial charge in [0.1, 0.15) is 5.82 Å². The van der Waals surface area contributed by atoms with Crippen molar-refractivity contribution in [1.82, 2.24) is 5.43 Å². The van der Waals surface area contributed by atoms with Gasteiger partial charge in [0, 0.05) is 15.4 Å². The number of nitrogens with one attached hydrogen (secondary N) is 1. The molecular weight excluding hydrogens is 351 g/mol. The van der Waals surface area contributed by atoms with Crippen LogP contribution >= 0.6 is 27.7 Å². The van der Waals surface area contributed by atoms with E-state index >= 15 is 0 Å². The molecule has 2 rings (SSSR count). The van der Waals surface area contributed by atoms with Gasteiger partial charge in [-0.3, -0.25) is 11.3 Å². The van der Waals surface area contributed by atoms with Crippen LogP contribution in [0.5, 0.6) is 0 Å². The van der Waals surface area contributed by atoms with E-state index < -0.39 is 0 Å². The second-order valence-electron chi connectivity index (χ2n) is 4.70. The summed E-state index contributed by atoms with van der Waals surface area (Å²) in [7, 11) is 0. The van der Waals surface area contributed by atoms with Crippen LogP contribution in [0.4, 0.5) is 4.39 Å². The van der Waals surface area contributed by atoms with E-state index in [1.807, 2.05) is 6.07 Å². The van der Waals surface area contributed by atoms with E-state index in [2.05, 4.69) is 52.5 Å². The van der Waals surface area contributed by atoms with Gasteiger partial charge in [0.05, 0.1) is 0 Å². The van der Waals surface area contributed by atoms with Crippen LogP contribution in [0.15, 0.2) is 51.8 Å². The Morgan fingerprint density at radius 2 is 1.95 bits per heavy atom. The summed E-state index contributed by atoms with van der Waals surface area (Å²) < 4.78 is 14.2. The molecule has 0 fully saturated rings. The first-order valence-corrected chi connectivity index (χ1v) is 8.54. The van der Waals surface area contributed by atoms with Gasteiger partial charge in [-0.25, -0.2) is 4.39 Å². The number of halogens is 2. The summed E-state index contributed by atoms with van der Waals surface area (Å²) in [5.74, 6) is 6.47. The molecule has 2 aromatic carbocycles. The molecule has 3 N–H and O–H groups in total. The molecule has 112 valence electrons. The molecule has 0 aliphatic rings. The summed E-state index contributed by atoms with van der Waals surface area (Å²) in [6, 6.07) is 13.2. The SMILES string of the molecule is CCSc1ccc(C(Cc2cc(F)cc(Br)c2)NN)cc1. The molecule has 0 heterocycles. The number of thioether (sulfide) groups is 1. The predicted molar refractivity (Wildman–Crippen MR) is 90.7 cm³/mol. The van der Waals surface area contributed by atoms with Gasteiger partial charge >= 0.3 is 0 Å². The van der Waals surface area contributed by atoms with Gasteiger partial charge < -0.3 is 0 Å². The Morgan fingerprint density at radius 3 is 2.52 bits per heavy atom. The number of benzene rings is 2. The quantitative estimate of drug-likeness (QED) is 0.449. The monoisotopic (exact) mass is 368 g/mol. The molecule has 0 aliphatic carbocycles. The molecule has 2 aromatic rings. The van der Waals surface area contributed by atoms with Crippen LogP contribution in [0.25, 0.3) is 0 Å². The smallest absolute Gasteiger partial charge is 0.124 e. The minimum Gasteiger partial charge on any atom is -0.271 e. The lowest BCUT2D eigenvalue weighted by atomic mass is 9.99. The average molecular weight is 369 g/mol. The normalized spacial score (nSPS) is 12.4. The van der Waals surface area contributed by atoms with Crippen LogP contribution in [-0.4, -0.2) is 5.75 Å². The number of rotatable bonds is 6. The highest BCUT2D eigenvalue weighted by atomic mass is 79.9. The van der Waals surface area contributed by atoms with Crippen LogP contribution in [0, 0.1) is 5.82 Å². The molecule has 1 atom stereocenters. The zero-order valence-corrected chi connectivity index (χ0v) is 14.2. The van der Waals surface area contributed by atoms with Gasteiger partial charge in [-0.2, -0.15) is 0 Å². The number of hydrogen-bond acceptors (Lipinski definition) is 3. The standard InChI is InChI=1S/C16H18BrFN2S/c1-2-21-15-5-3-12(4-6-15)16(20-19)9-11-7-13(17)10-14(18)8-11/h3-8,10,16,20H,2,9,19H2,1H3. The zero-order valence-electron chi connectivity index (χ0n) is 11.8. The second kappa shape index (κ2) is 7.94. The first kappa shape index (κ1) is 16.5. The van der Waals surface area contributed by atoms with E-state index in [1.165, 1.54) is 17.0 Å². The fraction of sp³-hybridized carbons (Fsp3) is 0.250. The Hall–Kier alpha value is -0.880. The minimum absolute atomic E-state index is 0.0422. The van der Waals surface area contributed by atoms with Crippen molar-refractivity contribution in [3.8, 4) is 0 Å². The third-order valence-electron chi connectivity index (χ3n) is 3.16. The third kappa shape index (κ3) is 4.81. The molecule has 5 heteroatoms. The summed E-state index contributed by atoms with van der Waals surface area (Å²) >= 11 is 5.12. The number of hydrazine groups is 1. The van der Waals surface area contributed by atoms with Crippen LogP contribution in [0.1, 0.15) is 24.1 Å². The van der Waals surface area contributed by atoms with Crippen molar-refractivity contribution in [1.29, 1.82) is 0 Å². The topological polar surface area (TPSA) is 38.0 Å². The summed E-state index contributed by atoms with van der Waals surface area (Å²) in [6.07, 6.45) is 0.632. The zero-order chi connectivity index (χ0) is 15.2. The summed E-state index contributed by atoms with van der Waals surface area (Å²) in [4.78, 5) is 1.24. The molecule has 0 aromatic heterocycles. The Labute approximate surface area is 137 Å². The van der Waals surface area contributed by atoms with Crippen LogP contribution in [0.2, 0.25) is 0 Å². The van der Waals surface area contributed by atoms with E-state index in [4.69, 9.17) is 5.84 Å². The molecule has 0 amide bonds. The van der Waals surface area contributed by atoms with Crippen LogP contribution in [-0.2, 0) is 6.42 Å². The summed E-state index contributed by atoms with van der Waals surface area (Å²) in [5.41, 5.74) is 4.81. The van der Waals surface area contributed by atoms with Gasteiger partial charge in [0.15, 0.2) is 0 Å². The van der Waals surface area contributed by atoms with Gasteiger partial charge in [-0.15, -0.1) is 11.8 Å². The van der Waals surface area contributed by atoms with Gasteiger partial charge in [-0.05, 0) is 53.6 Å². The fourth-order valence-corrected chi connectivity index (χ4v) is 3.38. The van der Waals surface area contributed by atoms with Crippen LogP contribution in [0.3, 0.4) is 0 Å². The molecule has 0 saturated carbocycles. The maximum absolute atomic E-state index is 13.4. The van der Waals surface area contributed by atoms with Crippen molar-refractivity contribution < 1.29 is 4.39 Å². The van der Waals surface area contributed by atoms with Crippen molar-refractivity contribution >= 4 is 27.7 Å². The highest BCUT2D eigenvalue weighted by molar-refractivity contribution is 9.10. The lowest BCUT2D eigenvalue weighted by Crippen LogP contribution is -2.29. The molecule has 1 unspecified atom stereocenters. The lowest BCUT2D eigenvalue weighted by molar-refractivity contribution is 0.548. The van der Waals surface area contributed by atoms with Crippen molar-refractivity contribution in [3.05, 3.63) is 63.9 Å². The lowest BCUT2D eigenvalue weighted by Gasteiger charge is -2.17. The maximum atomic E-state index is 13.4. The molecule has 2 nitrogen and oxygen atoms in total. The molecule has 0 spiro atoms. The number of hydrogen-bond donors (Lipinski definition) is 2. The van der Waals surface area contributed by atoms with E-state index in [9.17, 15) is 4.39 Å². The van der Waals surface area contributed by atoms with E-state index in [0.717, 1.165) is 21.4 Å². The Morgan fingerprint density at radius 1 is 1.24 bits per heavy atom. The maximum Gasteiger partial charge on any atom is 0.124 e. The van der Waals surface area contributed by atoms with Gasteiger partial charge in [-0.1, -0.05) is 35.0 Å². The average Bonchev–Trinajstić information content (AvgIpc) is 2.45. The molecule has 0 aliphatic heterocycles. The predicted octanol–water partition coefficient (Wildman–Crippen LogP) is 4.45. The van der Waals surface area contributed by atoms with Crippen molar-refractivity contribution in [3.63, 3.8) is 0 Å². The Kier molecular flexibility index (Phi) is 6.23.